The molecule has 2 N–H and O–H groups in total. The van der Waals surface area contributed by atoms with Gasteiger partial charge in [0.05, 0.1) is 65.4 Å². The fraction of sp³-hybridized carbons (Fsp3) is 0.312. The van der Waals surface area contributed by atoms with E-state index >= 15 is 14.4 Å². The predicted octanol–water partition coefficient (Wildman–Crippen LogP) is 16.2. The van der Waals surface area contributed by atoms with Crippen molar-refractivity contribution in [3.05, 3.63) is 407 Å². The fourth-order valence-corrected chi connectivity index (χ4v) is 15.7. The first kappa shape index (κ1) is 99.8. The lowest BCUT2D eigenvalue weighted by molar-refractivity contribution is -0.390. The van der Waals surface area contributed by atoms with E-state index in [4.69, 9.17) is 100 Å². The molecule has 3 saturated heterocycles. The molecular weight excluding hydrogens is 1760 g/mol. The van der Waals surface area contributed by atoms with Gasteiger partial charge < -0.3 is 100 Å². The van der Waals surface area contributed by atoms with Crippen LogP contribution in [0, 0.1) is 5.92 Å². The van der Waals surface area contributed by atoms with Crippen LogP contribution in [0.25, 0.3) is 0 Å². The molecule has 28 heteroatoms. The van der Waals surface area contributed by atoms with E-state index in [1.807, 2.05) is 97.1 Å². The molecule has 17 unspecified atom stereocenters. The zero-order valence-corrected chi connectivity index (χ0v) is 76.0. The highest BCUT2D eigenvalue weighted by Crippen LogP contribution is 2.42. The summed E-state index contributed by atoms with van der Waals surface area (Å²) in [4.78, 5) is 104. The van der Waals surface area contributed by atoms with Crippen molar-refractivity contribution in [2.24, 2.45) is 11.7 Å². The van der Waals surface area contributed by atoms with Crippen LogP contribution >= 0.6 is 0 Å². The molecule has 3 fully saturated rings. The summed E-state index contributed by atoms with van der Waals surface area (Å²) in [5, 5.41) is 0. The van der Waals surface area contributed by atoms with Gasteiger partial charge in [0.2, 0.25) is 0 Å². The van der Waals surface area contributed by atoms with Gasteiger partial charge in [0.1, 0.15) is 80.9 Å². The highest BCUT2D eigenvalue weighted by molar-refractivity contribution is 5.93. The Labute approximate surface area is 795 Å². The van der Waals surface area contributed by atoms with Crippen molar-refractivity contribution in [2.75, 3.05) is 53.8 Å². The quantitative estimate of drug-likeness (QED) is 0.0122. The number of carbonyl (C=O) groups excluding carboxylic acids is 7. The number of fused-ring (bicyclic) bond motifs is 1. The maximum atomic E-state index is 16.0. The van der Waals surface area contributed by atoms with Gasteiger partial charge in [-0.2, -0.15) is 0 Å². The lowest BCUT2D eigenvalue weighted by Crippen LogP contribution is -2.66. The number of ether oxygens (including phenoxy) is 20. The van der Waals surface area contributed by atoms with E-state index in [1.54, 1.807) is 207 Å². The number of nitrogens with two attached hydrogens (primary N) is 1. The summed E-state index contributed by atoms with van der Waals surface area (Å²) >= 11 is 0. The van der Waals surface area contributed by atoms with Gasteiger partial charge in [-0.15, -0.1) is 0 Å². The van der Waals surface area contributed by atoms with Gasteiger partial charge in [-0.05, 0) is 140 Å². The summed E-state index contributed by atoms with van der Waals surface area (Å²) < 4.78 is 138. The number of benzene rings is 11. The monoisotopic (exact) mass is 1870 g/mol. The maximum absolute atomic E-state index is 16.0. The van der Waals surface area contributed by atoms with Crippen molar-refractivity contribution < 1.29 is 128 Å². The van der Waals surface area contributed by atoms with Crippen LogP contribution in [0.4, 0.5) is 0 Å². The largest absolute Gasteiger partial charge is 0.459 e. The number of rotatable bonds is 48. The van der Waals surface area contributed by atoms with Crippen LogP contribution in [-0.4, -0.2) is 200 Å². The van der Waals surface area contributed by atoms with Gasteiger partial charge in [0.15, 0.2) is 49.8 Å². The normalized spacial score (nSPS) is 20.9. The second-order valence-electron chi connectivity index (χ2n) is 32.5. The number of hydrogen-bond donors (Lipinski definition) is 1. The van der Waals surface area contributed by atoms with Crippen molar-refractivity contribution in [3.8, 4) is 0 Å². The lowest BCUT2D eigenvalue weighted by Gasteiger charge is -2.50. The molecule has 11 aromatic rings. The molecule has 0 radical (unpaired) electrons. The van der Waals surface area contributed by atoms with Gasteiger partial charge in [0, 0.05) is 32.3 Å². The van der Waals surface area contributed by atoms with Crippen LogP contribution in [0.2, 0.25) is 0 Å². The second kappa shape index (κ2) is 52.3. The smallest absolute Gasteiger partial charge is 0.338 e. The van der Waals surface area contributed by atoms with Gasteiger partial charge in [-0.1, -0.05) is 256 Å². The number of unbranched alkanes of at least 4 members (excludes halogenated alkanes) is 2. The average molecular weight is 1870 g/mol. The minimum atomic E-state index is -2.00. The zero-order chi connectivity index (χ0) is 95.3. The third kappa shape index (κ3) is 28.8. The van der Waals surface area contributed by atoms with E-state index in [0.717, 1.165) is 5.56 Å². The fourth-order valence-electron chi connectivity index (χ4n) is 15.7. The molecule has 0 bridgehead atoms. The molecule has 0 amide bonds. The summed E-state index contributed by atoms with van der Waals surface area (Å²) in [5.74, 6) is -7.48. The summed E-state index contributed by atoms with van der Waals surface area (Å²) in [7, 11) is 2.59. The Hall–Kier alpha value is -13.1. The van der Waals surface area contributed by atoms with Gasteiger partial charge in [0.25, 0.3) is 0 Å². The van der Waals surface area contributed by atoms with E-state index in [1.165, 1.54) is 62.8 Å². The molecule has 0 saturated carbocycles. The Morgan fingerprint density at radius 2 is 0.766 bits per heavy atom. The van der Waals surface area contributed by atoms with Crippen LogP contribution in [0.1, 0.15) is 127 Å². The Kier molecular flexibility index (Phi) is 38.1. The Morgan fingerprint density at radius 3 is 1.23 bits per heavy atom. The summed E-state index contributed by atoms with van der Waals surface area (Å²) in [6.07, 6.45) is -23.4. The zero-order valence-electron chi connectivity index (χ0n) is 76.0. The molecule has 137 heavy (non-hydrogen) atoms. The van der Waals surface area contributed by atoms with E-state index in [2.05, 4.69) is 0 Å². The van der Waals surface area contributed by atoms with Crippen LogP contribution in [0.3, 0.4) is 0 Å². The molecule has 0 aliphatic carbocycles. The topological polar surface area (TPSA) is 330 Å². The molecule has 28 nitrogen and oxygen atoms in total. The summed E-state index contributed by atoms with van der Waals surface area (Å²) in [6, 6.07) is 93.5. The van der Waals surface area contributed by atoms with E-state index in [0.29, 0.717) is 42.5 Å². The van der Waals surface area contributed by atoms with Crippen LogP contribution in [0.5, 0.6) is 0 Å². The van der Waals surface area contributed by atoms with Gasteiger partial charge in [-0.25, -0.2) is 33.6 Å². The van der Waals surface area contributed by atoms with Gasteiger partial charge in [-0.3, -0.25) is 0 Å². The van der Waals surface area contributed by atoms with Crippen molar-refractivity contribution in [1.29, 1.82) is 0 Å². The van der Waals surface area contributed by atoms with Crippen molar-refractivity contribution in [1.82, 2.24) is 0 Å². The molecule has 3 aliphatic heterocycles. The van der Waals surface area contributed by atoms with Crippen molar-refractivity contribution in [3.63, 3.8) is 0 Å². The third-order valence-corrected chi connectivity index (χ3v) is 23.0. The molecule has 3 aliphatic rings. The minimum absolute atomic E-state index is 0.0144. The number of hydrogen-bond acceptors (Lipinski definition) is 28. The molecule has 0 aromatic heterocycles. The Morgan fingerprint density at radius 1 is 0.365 bits per heavy atom. The SMILES string of the molecule is COC(OC1C(OCc2ccccc2)C(COC(=O)c2ccccc2)OC(OC(C(OC(=O)c2ccccc2)C(OC)OC2C3OC(c4ccccc4)OCC3OC(OCCCCCN)C2OCc2ccccc2)C(C)[C@@H](COC(=O)c2ccccc2)OC(=O)c2ccccc2)C1OCc1ccccc1)C(/C=C/[C@@H](COC(=O)c1ccccc1)OC(=O)c1ccccc1)OC(=O)c1ccccc1. The number of methoxy groups -OCH3 is 2. The Balaban J connectivity index is 0.967. The first-order valence-corrected chi connectivity index (χ1v) is 45.5. The van der Waals surface area contributed by atoms with E-state index in [-0.39, 0.29) is 72.0 Å². The lowest BCUT2D eigenvalue weighted by atomic mass is 9.91. The predicted molar refractivity (Wildman–Crippen MR) is 499 cm³/mol. The average Bonchev–Trinajstić information content (AvgIpc) is 0.768. The standard InChI is InChI=1S/C109H111NO27/c1-73(87(130-103(116)82-56-32-12-33-57-82)70-125-99(112)78-48-24-8-25-49-78)90(97(133-104(117)83-58-34-13-35-59-83)107(119-3)137-94-92-89(72-127-105(135-92)84-60-36-14-37-61-84)131-108(120-65-39-15-38-64-110)95(94)122-67-75-42-18-5-19-43-75)134-109-96(123-68-76-44-20-6-21-45-76)93(91(121-66-74-40-16-4-17-41-74)88(132-109)71-126-100(113)79-50-26-9-27-51-79)136-106(118-2)86(129-102(115)81-54-30-11-31-55-81)63-62-85(128-101(114)80-52-28-10-29-53-80)69-124-98(111)77-46-22-7-23-47-77/h4-14,16-37,40-63,73,85-97,105-109H,15,38-39,64-72,110H2,1-3H3/b63-62+/t73?,85-,86?,87+,88?,89?,90?,91?,92?,93?,94?,95?,96?,97?,105?,106?,107?,108?,109?/m0/s1. The van der Waals surface area contributed by atoms with Gasteiger partial charge >= 0.3 is 41.8 Å². The summed E-state index contributed by atoms with van der Waals surface area (Å²) in [5.41, 5.74) is 9.39. The highest BCUT2D eigenvalue weighted by Gasteiger charge is 2.58. The molecule has 14 rings (SSSR count). The number of esters is 7. The second-order valence-corrected chi connectivity index (χ2v) is 32.5. The van der Waals surface area contributed by atoms with Crippen molar-refractivity contribution in [2.45, 2.75) is 157 Å². The molecule has 11 aromatic carbocycles. The molecule has 714 valence electrons. The maximum Gasteiger partial charge on any atom is 0.338 e. The van der Waals surface area contributed by atoms with Crippen molar-refractivity contribution >= 4 is 41.8 Å². The van der Waals surface area contributed by atoms with Crippen LogP contribution in [-0.2, 0) is 115 Å². The minimum Gasteiger partial charge on any atom is -0.459 e. The third-order valence-electron chi connectivity index (χ3n) is 23.0. The van der Waals surface area contributed by atoms with E-state index in [9.17, 15) is 19.2 Å². The molecular formula is C109H111NO27. The van der Waals surface area contributed by atoms with Crippen LogP contribution in [0.15, 0.2) is 346 Å². The van der Waals surface area contributed by atoms with Crippen LogP contribution < -0.4 is 5.73 Å². The number of carbonyl (C=O) groups is 7. The molecule has 19 atom stereocenters. The first-order chi connectivity index (χ1) is 67.1. The Bertz CT molecular complexity index is 5520. The molecule has 0 spiro atoms. The highest BCUT2D eigenvalue weighted by atomic mass is 16.8. The van der Waals surface area contributed by atoms with E-state index < -0.39 is 178 Å². The summed E-state index contributed by atoms with van der Waals surface area (Å²) in [6.45, 7) is -0.392. The molecule has 3 heterocycles. The first-order valence-electron chi connectivity index (χ1n) is 45.5.